The number of rotatable bonds is 6. The fourth-order valence-corrected chi connectivity index (χ4v) is 3.21. The van der Waals surface area contributed by atoms with E-state index in [0.29, 0.717) is 23.1 Å². The lowest BCUT2D eigenvalue weighted by molar-refractivity contribution is 0.100. The van der Waals surface area contributed by atoms with Crippen molar-refractivity contribution < 1.29 is 9.53 Å². The molecule has 1 saturated carbocycles. The molecule has 1 aliphatic carbocycles. The van der Waals surface area contributed by atoms with E-state index in [1.165, 1.54) is 11.3 Å². The van der Waals surface area contributed by atoms with Gasteiger partial charge in [0.1, 0.15) is 4.88 Å². The van der Waals surface area contributed by atoms with Crippen LogP contribution >= 0.6 is 11.3 Å². The lowest BCUT2D eigenvalue weighted by Crippen LogP contribution is -2.20. The van der Waals surface area contributed by atoms with E-state index in [1.807, 2.05) is 6.92 Å². The van der Waals surface area contributed by atoms with Gasteiger partial charge in [-0.15, -0.1) is 11.3 Å². The molecule has 1 aliphatic rings. The first-order valence-corrected chi connectivity index (χ1v) is 6.83. The molecule has 0 aromatic carbocycles. The van der Waals surface area contributed by atoms with E-state index < -0.39 is 5.91 Å². The third-order valence-corrected chi connectivity index (χ3v) is 4.15. The number of hydrogen-bond donors (Lipinski definition) is 3. The number of carbonyl (C=O) groups is 1. The van der Waals surface area contributed by atoms with E-state index >= 15 is 0 Å². The summed E-state index contributed by atoms with van der Waals surface area (Å²) in [4.78, 5) is 11.8. The van der Waals surface area contributed by atoms with Gasteiger partial charge in [-0.1, -0.05) is 0 Å². The van der Waals surface area contributed by atoms with Gasteiger partial charge < -0.3 is 21.5 Å². The van der Waals surface area contributed by atoms with Crippen LogP contribution in [0.2, 0.25) is 0 Å². The molecule has 0 aliphatic heterocycles. The summed E-state index contributed by atoms with van der Waals surface area (Å²) in [6.07, 6.45) is 2.26. The molecule has 6 heteroatoms. The van der Waals surface area contributed by atoms with Gasteiger partial charge in [0.2, 0.25) is 0 Å². The van der Waals surface area contributed by atoms with Crippen LogP contribution in [0.4, 0.5) is 10.7 Å². The fourth-order valence-electron chi connectivity index (χ4n) is 2.04. The number of nitrogens with one attached hydrogen (secondary N) is 1. The minimum absolute atomic E-state index is 0.172. The van der Waals surface area contributed by atoms with Crippen LogP contribution in [0.1, 0.15) is 40.9 Å². The highest BCUT2D eigenvalue weighted by molar-refractivity contribution is 7.18. The van der Waals surface area contributed by atoms with Crippen molar-refractivity contribution in [3.05, 3.63) is 10.4 Å². The fraction of sp³-hybridized carbons (Fsp3) is 0.583. The molecule has 1 unspecified atom stereocenters. The lowest BCUT2D eigenvalue weighted by atomic mass is 10.1. The minimum Gasteiger partial charge on any atom is -0.397 e. The maximum absolute atomic E-state index is 11.3. The first-order chi connectivity index (χ1) is 8.54. The van der Waals surface area contributed by atoms with Crippen LogP contribution in [0.5, 0.6) is 0 Å². The Hall–Kier alpha value is -1.27. The zero-order valence-electron chi connectivity index (χ0n) is 10.7. The summed E-state index contributed by atoms with van der Waals surface area (Å²) < 4.78 is 5.10. The molecule has 0 saturated heterocycles. The average Bonchev–Trinajstić information content (AvgIpc) is 3.05. The third kappa shape index (κ3) is 2.59. The molecule has 1 aromatic heterocycles. The van der Waals surface area contributed by atoms with Crippen molar-refractivity contribution in [3.63, 3.8) is 0 Å². The molecule has 1 amide bonds. The molecule has 5 nitrogen and oxygen atoms in total. The molecule has 18 heavy (non-hydrogen) atoms. The maximum Gasteiger partial charge on any atom is 0.260 e. The molecule has 1 heterocycles. The van der Waals surface area contributed by atoms with Gasteiger partial charge >= 0.3 is 0 Å². The van der Waals surface area contributed by atoms with E-state index in [1.54, 1.807) is 7.11 Å². The highest BCUT2D eigenvalue weighted by atomic mass is 32.1. The van der Waals surface area contributed by atoms with E-state index in [2.05, 4.69) is 5.32 Å². The predicted octanol–water partition coefficient (Wildman–Crippen LogP) is 1.75. The Morgan fingerprint density at radius 3 is 2.78 bits per heavy atom. The van der Waals surface area contributed by atoms with Crippen LogP contribution in [0.15, 0.2) is 0 Å². The standard InChI is InChI=1S/C12H19N3O2S/c1-6(5-17-2)15-12-8(7-3-4-7)9(13)10(18-12)11(14)16/h6-7,15H,3-5,13H2,1-2H3,(H2,14,16). The molecular weight excluding hydrogens is 250 g/mol. The van der Waals surface area contributed by atoms with Gasteiger partial charge in [-0.2, -0.15) is 0 Å². The summed E-state index contributed by atoms with van der Waals surface area (Å²) in [5.74, 6) is 0.0263. The van der Waals surface area contributed by atoms with Crippen molar-refractivity contribution >= 4 is 27.9 Å². The number of primary amides is 1. The molecule has 1 atom stereocenters. The smallest absolute Gasteiger partial charge is 0.260 e. The zero-order valence-corrected chi connectivity index (χ0v) is 11.5. The van der Waals surface area contributed by atoms with Crippen LogP contribution < -0.4 is 16.8 Å². The molecule has 0 bridgehead atoms. The summed E-state index contributed by atoms with van der Waals surface area (Å²) >= 11 is 1.35. The highest BCUT2D eigenvalue weighted by Gasteiger charge is 2.32. The predicted molar refractivity (Wildman–Crippen MR) is 74.2 cm³/mol. The Morgan fingerprint density at radius 2 is 2.28 bits per heavy atom. The quantitative estimate of drug-likeness (QED) is 0.734. The summed E-state index contributed by atoms with van der Waals surface area (Å²) in [5, 5.41) is 4.32. The van der Waals surface area contributed by atoms with Crippen LogP contribution in [0, 0.1) is 0 Å². The summed E-state index contributed by atoms with van der Waals surface area (Å²) in [6.45, 7) is 2.63. The third-order valence-electron chi connectivity index (χ3n) is 2.99. The Morgan fingerprint density at radius 1 is 1.61 bits per heavy atom. The van der Waals surface area contributed by atoms with Gasteiger partial charge in [0.25, 0.3) is 5.91 Å². The van der Waals surface area contributed by atoms with Gasteiger partial charge in [0.05, 0.1) is 17.3 Å². The largest absolute Gasteiger partial charge is 0.397 e. The van der Waals surface area contributed by atoms with Gasteiger partial charge in [0.15, 0.2) is 0 Å². The number of methoxy groups -OCH3 is 1. The van der Waals surface area contributed by atoms with E-state index in [0.717, 1.165) is 23.4 Å². The van der Waals surface area contributed by atoms with E-state index in [4.69, 9.17) is 16.2 Å². The van der Waals surface area contributed by atoms with Crippen LogP contribution in [-0.4, -0.2) is 25.7 Å². The highest BCUT2D eigenvalue weighted by Crippen LogP contribution is 2.50. The summed E-state index contributed by atoms with van der Waals surface area (Å²) in [7, 11) is 1.66. The molecule has 100 valence electrons. The topological polar surface area (TPSA) is 90.4 Å². The van der Waals surface area contributed by atoms with Crippen molar-refractivity contribution in [2.45, 2.75) is 31.7 Å². The van der Waals surface area contributed by atoms with Gasteiger partial charge in [-0.05, 0) is 25.7 Å². The number of hydrogen-bond acceptors (Lipinski definition) is 5. The number of amides is 1. The zero-order chi connectivity index (χ0) is 13.3. The maximum atomic E-state index is 11.3. The first-order valence-electron chi connectivity index (χ1n) is 6.02. The molecule has 0 spiro atoms. The van der Waals surface area contributed by atoms with E-state index in [9.17, 15) is 4.79 Å². The second-order valence-corrected chi connectivity index (χ2v) is 5.75. The molecule has 1 fully saturated rings. The molecule has 2 rings (SSSR count). The van der Waals surface area contributed by atoms with Crippen molar-refractivity contribution in [2.75, 3.05) is 24.8 Å². The SMILES string of the molecule is COCC(C)Nc1sc(C(N)=O)c(N)c1C1CC1. The van der Waals surface area contributed by atoms with Crippen molar-refractivity contribution in [3.8, 4) is 0 Å². The molecule has 0 radical (unpaired) electrons. The molecule has 5 N–H and O–H groups in total. The Bertz CT molecular complexity index is 454. The second-order valence-electron chi connectivity index (χ2n) is 4.73. The van der Waals surface area contributed by atoms with Crippen molar-refractivity contribution in [2.24, 2.45) is 5.73 Å². The van der Waals surface area contributed by atoms with Crippen LogP contribution in [-0.2, 0) is 4.74 Å². The minimum atomic E-state index is -0.452. The number of anilines is 2. The van der Waals surface area contributed by atoms with Crippen LogP contribution in [0.3, 0.4) is 0 Å². The van der Waals surface area contributed by atoms with Crippen molar-refractivity contribution in [1.29, 1.82) is 0 Å². The number of nitrogens with two attached hydrogens (primary N) is 2. The normalized spacial score (nSPS) is 16.6. The number of carbonyl (C=O) groups excluding carboxylic acids is 1. The van der Waals surface area contributed by atoms with Gasteiger partial charge in [0, 0.05) is 18.7 Å². The Labute approximate surface area is 110 Å². The summed E-state index contributed by atoms with van der Waals surface area (Å²) in [5.41, 5.74) is 13.0. The Kier molecular flexibility index (Phi) is 3.77. The number of ether oxygens (including phenoxy) is 1. The summed E-state index contributed by atoms with van der Waals surface area (Å²) in [6, 6.07) is 0.172. The average molecular weight is 269 g/mol. The van der Waals surface area contributed by atoms with Crippen LogP contribution in [0.25, 0.3) is 0 Å². The van der Waals surface area contributed by atoms with E-state index in [-0.39, 0.29) is 6.04 Å². The first kappa shape index (κ1) is 13.2. The number of thiophene rings is 1. The lowest BCUT2D eigenvalue weighted by Gasteiger charge is -2.14. The van der Waals surface area contributed by atoms with Crippen molar-refractivity contribution in [1.82, 2.24) is 0 Å². The number of nitrogen functional groups attached to an aromatic ring is 1. The molecular formula is C12H19N3O2S. The second kappa shape index (κ2) is 5.16. The Balaban J connectivity index is 2.27. The van der Waals surface area contributed by atoms with Gasteiger partial charge in [-0.3, -0.25) is 4.79 Å². The monoisotopic (exact) mass is 269 g/mol. The molecule has 1 aromatic rings. The van der Waals surface area contributed by atoms with Gasteiger partial charge in [-0.25, -0.2) is 0 Å².